The van der Waals surface area contributed by atoms with Gasteiger partial charge in [0.25, 0.3) is 0 Å². The SMILES string of the molecule is CCc1cc(N)c(C(=O)OC)cc1-c1ccnn1C.CCc1cc(NC(=O)Oc2ccc(Cl)cc2)c(C(=O)OC)cc1-c1ccnn1C. The third-order valence-electron chi connectivity index (χ3n) is 7.55. The van der Waals surface area contributed by atoms with Crippen molar-refractivity contribution < 1.29 is 28.6 Å². The fourth-order valence-corrected chi connectivity index (χ4v) is 5.19. The molecule has 5 rings (SSSR count). The van der Waals surface area contributed by atoms with Crippen molar-refractivity contribution in [2.45, 2.75) is 26.7 Å². The van der Waals surface area contributed by atoms with Crippen molar-refractivity contribution in [1.82, 2.24) is 19.6 Å². The lowest BCUT2D eigenvalue weighted by Gasteiger charge is -2.16. The number of amides is 1. The summed E-state index contributed by atoms with van der Waals surface area (Å²) >= 11 is 5.84. The molecule has 0 radical (unpaired) electrons. The van der Waals surface area contributed by atoms with Gasteiger partial charge in [-0.05, 0) is 84.6 Å². The van der Waals surface area contributed by atoms with Crippen LogP contribution < -0.4 is 15.8 Å². The van der Waals surface area contributed by atoms with Gasteiger partial charge < -0.3 is 19.9 Å². The first-order chi connectivity index (χ1) is 23.0. The number of benzene rings is 3. The zero-order valence-electron chi connectivity index (χ0n) is 27.5. The Hall–Kier alpha value is -5.62. The van der Waals surface area contributed by atoms with Gasteiger partial charge in [-0.15, -0.1) is 0 Å². The quantitative estimate of drug-likeness (QED) is 0.135. The van der Waals surface area contributed by atoms with Crippen LogP contribution in [0.15, 0.2) is 73.1 Å². The van der Waals surface area contributed by atoms with Crippen LogP contribution in [-0.2, 0) is 36.4 Å². The number of methoxy groups -OCH3 is 2. The van der Waals surface area contributed by atoms with Crippen molar-refractivity contribution in [3.05, 3.63) is 100 Å². The number of nitrogens with two attached hydrogens (primary N) is 1. The monoisotopic (exact) mass is 672 g/mol. The number of nitrogens with one attached hydrogen (secondary N) is 1. The second-order valence-electron chi connectivity index (χ2n) is 10.5. The number of anilines is 2. The van der Waals surface area contributed by atoms with E-state index >= 15 is 0 Å². The summed E-state index contributed by atoms with van der Waals surface area (Å²) in [5.74, 6) is -0.671. The maximum absolute atomic E-state index is 12.4. The smallest absolute Gasteiger partial charge is 0.417 e. The zero-order valence-corrected chi connectivity index (χ0v) is 28.3. The van der Waals surface area contributed by atoms with Gasteiger partial charge in [0.1, 0.15) is 5.75 Å². The highest BCUT2D eigenvalue weighted by molar-refractivity contribution is 6.30. The molecule has 2 heterocycles. The second kappa shape index (κ2) is 15.8. The maximum atomic E-state index is 12.4. The van der Waals surface area contributed by atoms with Crippen molar-refractivity contribution in [3.63, 3.8) is 0 Å². The molecule has 0 spiro atoms. The van der Waals surface area contributed by atoms with Gasteiger partial charge in [-0.2, -0.15) is 10.2 Å². The van der Waals surface area contributed by atoms with Gasteiger partial charge in [0.2, 0.25) is 0 Å². The average Bonchev–Trinajstić information content (AvgIpc) is 3.72. The summed E-state index contributed by atoms with van der Waals surface area (Å²) in [6.07, 6.45) is 4.19. The topological polar surface area (TPSA) is 153 Å². The van der Waals surface area contributed by atoms with Crippen molar-refractivity contribution in [2.24, 2.45) is 14.1 Å². The number of nitrogen functional groups attached to an aromatic ring is 1. The molecule has 0 saturated heterocycles. The zero-order chi connectivity index (χ0) is 35.0. The Labute approximate surface area is 283 Å². The van der Waals surface area contributed by atoms with E-state index in [4.69, 9.17) is 31.5 Å². The van der Waals surface area contributed by atoms with E-state index in [1.165, 1.54) is 14.2 Å². The van der Waals surface area contributed by atoms with Gasteiger partial charge in [0.05, 0.1) is 42.4 Å². The number of carbonyl (C=O) groups is 3. The number of aromatic nitrogens is 4. The number of hydrogen-bond donors (Lipinski definition) is 2. The number of nitrogens with zero attached hydrogens (tertiary/aromatic N) is 4. The van der Waals surface area contributed by atoms with Crippen LogP contribution in [0.25, 0.3) is 22.5 Å². The molecule has 5 aromatic rings. The van der Waals surface area contributed by atoms with E-state index in [1.54, 1.807) is 64.2 Å². The number of carbonyl (C=O) groups excluding carboxylic acids is 3. The maximum Gasteiger partial charge on any atom is 0.417 e. The fourth-order valence-electron chi connectivity index (χ4n) is 5.06. The molecular weight excluding hydrogens is 636 g/mol. The molecule has 3 N–H and O–H groups in total. The van der Waals surface area contributed by atoms with Crippen LogP contribution in [0.1, 0.15) is 45.7 Å². The molecule has 0 aliphatic carbocycles. The van der Waals surface area contributed by atoms with E-state index in [1.807, 2.05) is 46.1 Å². The van der Waals surface area contributed by atoms with Crippen LogP contribution in [0.5, 0.6) is 5.75 Å². The molecule has 12 nitrogen and oxygen atoms in total. The van der Waals surface area contributed by atoms with E-state index in [0.717, 1.165) is 40.1 Å². The van der Waals surface area contributed by atoms with Crippen LogP contribution in [-0.4, -0.2) is 51.8 Å². The Balaban J connectivity index is 0.000000237. The summed E-state index contributed by atoms with van der Waals surface area (Å²) in [6, 6.07) is 17.2. The molecule has 0 aliphatic heterocycles. The summed E-state index contributed by atoms with van der Waals surface area (Å²) < 4.78 is 18.4. The Morgan fingerprint density at radius 3 is 1.75 bits per heavy atom. The number of esters is 2. The lowest BCUT2D eigenvalue weighted by Crippen LogP contribution is -2.19. The molecule has 0 bridgehead atoms. The van der Waals surface area contributed by atoms with Gasteiger partial charge >= 0.3 is 18.0 Å². The van der Waals surface area contributed by atoms with Gasteiger partial charge in [-0.3, -0.25) is 14.7 Å². The van der Waals surface area contributed by atoms with Crippen LogP contribution in [0, 0.1) is 0 Å². The molecule has 13 heteroatoms. The summed E-state index contributed by atoms with van der Waals surface area (Å²) in [5.41, 5.74) is 12.9. The lowest BCUT2D eigenvalue weighted by molar-refractivity contribution is 0.0593. The number of hydrogen-bond acceptors (Lipinski definition) is 9. The fraction of sp³-hybridized carbons (Fsp3) is 0.229. The highest BCUT2D eigenvalue weighted by Crippen LogP contribution is 2.31. The van der Waals surface area contributed by atoms with Crippen molar-refractivity contribution in [2.75, 3.05) is 25.3 Å². The molecular formula is C35H37ClN6O6. The standard InChI is InChI=1S/C21H20ClN3O4.C14H17N3O2/c1-4-13-11-18(24-21(27)29-15-7-5-14(22)6-8-15)17(20(26)28-3)12-16(13)19-9-10-23-25(19)2;1-4-9-7-12(15)11(14(18)19-3)8-10(9)13-5-6-16-17(13)2/h5-12H,4H2,1-3H3,(H,24,27);5-8H,4,15H2,1-3H3. The van der Waals surface area contributed by atoms with E-state index < -0.39 is 18.0 Å². The molecule has 3 aromatic carbocycles. The minimum absolute atomic E-state index is 0.217. The number of halogens is 1. The van der Waals surface area contributed by atoms with Crippen molar-refractivity contribution in [3.8, 4) is 28.3 Å². The van der Waals surface area contributed by atoms with Gasteiger partial charge in [0.15, 0.2) is 0 Å². The Bertz CT molecular complexity index is 1930. The Morgan fingerprint density at radius 2 is 1.27 bits per heavy atom. The molecule has 0 saturated carbocycles. The van der Waals surface area contributed by atoms with Crippen molar-refractivity contribution in [1.29, 1.82) is 0 Å². The predicted molar refractivity (Wildman–Crippen MR) is 184 cm³/mol. The lowest BCUT2D eigenvalue weighted by atomic mass is 9.97. The third-order valence-corrected chi connectivity index (χ3v) is 7.80. The van der Waals surface area contributed by atoms with E-state index in [-0.39, 0.29) is 5.56 Å². The van der Waals surface area contributed by atoms with E-state index in [2.05, 4.69) is 15.5 Å². The highest BCUT2D eigenvalue weighted by Gasteiger charge is 2.20. The minimum Gasteiger partial charge on any atom is -0.465 e. The Morgan fingerprint density at radius 1 is 0.771 bits per heavy atom. The minimum atomic E-state index is -0.729. The molecule has 0 unspecified atom stereocenters. The number of rotatable bonds is 8. The predicted octanol–water partition coefficient (Wildman–Crippen LogP) is 6.72. The van der Waals surface area contributed by atoms with Crippen LogP contribution in [0.3, 0.4) is 0 Å². The second-order valence-corrected chi connectivity index (χ2v) is 10.9. The normalized spacial score (nSPS) is 10.5. The largest absolute Gasteiger partial charge is 0.465 e. The first-order valence-electron chi connectivity index (χ1n) is 15.0. The molecule has 0 atom stereocenters. The molecule has 250 valence electrons. The first kappa shape index (κ1) is 35.2. The van der Waals surface area contributed by atoms with Gasteiger partial charge in [0, 0.05) is 48.3 Å². The van der Waals surface area contributed by atoms with E-state index in [9.17, 15) is 14.4 Å². The third kappa shape index (κ3) is 8.02. The summed E-state index contributed by atoms with van der Waals surface area (Å²) in [5, 5.41) is 11.5. The highest BCUT2D eigenvalue weighted by atomic mass is 35.5. The van der Waals surface area contributed by atoms with Crippen LogP contribution >= 0.6 is 11.6 Å². The molecule has 48 heavy (non-hydrogen) atoms. The van der Waals surface area contributed by atoms with Crippen LogP contribution in [0.4, 0.5) is 16.2 Å². The first-order valence-corrected chi connectivity index (χ1v) is 15.4. The summed E-state index contributed by atoms with van der Waals surface area (Å²) in [4.78, 5) is 36.4. The summed E-state index contributed by atoms with van der Waals surface area (Å²) in [6.45, 7) is 4.04. The molecule has 0 aliphatic rings. The average molecular weight is 673 g/mol. The Kier molecular flexibility index (Phi) is 11.6. The number of ether oxygens (including phenoxy) is 3. The molecule has 0 fully saturated rings. The summed E-state index contributed by atoms with van der Waals surface area (Å²) in [7, 11) is 6.32. The van der Waals surface area contributed by atoms with E-state index in [0.29, 0.717) is 34.1 Å². The molecule has 2 aromatic heterocycles. The van der Waals surface area contributed by atoms with Crippen molar-refractivity contribution >= 4 is 41.0 Å². The number of aryl methyl sites for hydroxylation is 4. The van der Waals surface area contributed by atoms with Gasteiger partial charge in [-0.25, -0.2) is 14.4 Å². The molecule has 1 amide bonds. The van der Waals surface area contributed by atoms with Crippen LogP contribution in [0.2, 0.25) is 5.02 Å². The van der Waals surface area contributed by atoms with Gasteiger partial charge in [-0.1, -0.05) is 25.4 Å².